The Labute approximate surface area is 151 Å². The maximum absolute atomic E-state index is 4.00. The van der Waals surface area contributed by atoms with E-state index < -0.39 is 0 Å². The molecular weight excluding hydrogens is 276 g/mol. The molecular formula is C23H50. The van der Waals surface area contributed by atoms with E-state index in [4.69, 9.17) is 0 Å². The van der Waals surface area contributed by atoms with Crippen molar-refractivity contribution in [3.05, 3.63) is 11.6 Å². The van der Waals surface area contributed by atoms with Crippen molar-refractivity contribution in [1.29, 1.82) is 0 Å². The van der Waals surface area contributed by atoms with Crippen LogP contribution >= 0.6 is 0 Å². The molecule has 0 aliphatic carbocycles. The number of terminal acetylenes is 1. The number of hydrogen-bond donors (Lipinski definition) is 0. The van der Waals surface area contributed by atoms with Crippen LogP contribution in [0.15, 0.2) is 11.6 Å². The average Bonchev–Trinajstić information content (AvgIpc) is 2.62. The summed E-state index contributed by atoms with van der Waals surface area (Å²) in [7, 11) is 0. The van der Waals surface area contributed by atoms with E-state index in [1.807, 2.05) is 27.7 Å². The lowest BCUT2D eigenvalue weighted by molar-refractivity contribution is 0.520. The number of hydrogen-bond acceptors (Lipinski definition) is 0. The van der Waals surface area contributed by atoms with Crippen molar-refractivity contribution in [2.24, 2.45) is 5.92 Å². The molecule has 0 bridgehead atoms. The summed E-state index contributed by atoms with van der Waals surface area (Å²) in [5.74, 6) is 0.886. The molecule has 0 aliphatic rings. The molecule has 142 valence electrons. The van der Waals surface area contributed by atoms with Crippen LogP contribution in [0.5, 0.6) is 0 Å². The van der Waals surface area contributed by atoms with Crippen molar-refractivity contribution >= 4 is 0 Å². The predicted molar refractivity (Wildman–Crippen MR) is 115 cm³/mol. The number of unbranched alkanes of at least 4 members (excludes halogenated alkanes) is 4. The van der Waals surface area contributed by atoms with Crippen molar-refractivity contribution in [2.45, 2.75) is 121 Å². The zero-order chi connectivity index (χ0) is 19.5. The van der Waals surface area contributed by atoms with Crippen molar-refractivity contribution in [2.75, 3.05) is 0 Å². The summed E-state index contributed by atoms with van der Waals surface area (Å²) in [5, 5.41) is 0. The third-order valence-corrected chi connectivity index (χ3v) is 3.10. The summed E-state index contributed by atoms with van der Waals surface area (Å²) < 4.78 is 0. The van der Waals surface area contributed by atoms with E-state index in [2.05, 4.69) is 60.5 Å². The van der Waals surface area contributed by atoms with Gasteiger partial charge in [-0.15, -0.1) is 12.8 Å². The van der Waals surface area contributed by atoms with Crippen LogP contribution in [-0.4, -0.2) is 0 Å². The Morgan fingerprint density at radius 3 is 1.52 bits per heavy atom. The van der Waals surface area contributed by atoms with E-state index in [1.54, 1.807) is 5.57 Å². The van der Waals surface area contributed by atoms with Crippen molar-refractivity contribution in [3.63, 3.8) is 0 Å². The van der Waals surface area contributed by atoms with Crippen LogP contribution in [0.1, 0.15) is 121 Å². The molecule has 0 aliphatic heterocycles. The number of allylic oxidation sites excluding steroid dienone is 2. The van der Waals surface area contributed by atoms with Gasteiger partial charge in [-0.2, -0.15) is 0 Å². The minimum absolute atomic E-state index is 0.886. The molecule has 0 heterocycles. The molecule has 0 nitrogen and oxygen atoms in total. The minimum Gasteiger partial charge on any atom is -0.124 e. The molecule has 0 aromatic heterocycles. The monoisotopic (exact) mass is 326 g/mol. The van der Waals surface area contributed by atoms with Gasteiger partial charge in [-0.3, -0.25) is 0 Å². The quantitative estimate of drug-likeness (QED) is 0.237. The lowest BCUT2D eigenvalue weighted by Crippen LogP contribution is -1.87. The van der Waals surface area contributed by atoms with E-state index in [0.717, 1.165) is 5.92 Å². The maximum Gasteiger partial charge on any atom is -0.0323 e. The van der Waals surface area contributed by atoms with Gasteiger partial charge in [0.2, 0.25) is 0 Å². The molecule has 0 fully saturated rings. The normalized spacial score (nSPS) is 9.00. The molecule has 0 heteroatoms. The zero-order valence-corrected chi connectivity index (χ0v) is 18.5. The van der Waals surface area contributed by atoms with Crippen LogP contribution in [0.3, 0.4) is 0 Å². The lowest BCUT2D eigenvalue weighted by atomic mass is 10.0. The Morgan fingerprint density at radius 2 is 1.22 bits per heavy atom. The molecule has 0 atom stereocenters. The second-order valence-corrected chi connectivity index (χ2v) is 5.48. The summed E-state index contributed by atoms with van der Waals surface area (Å²) in [6.07, 6.45) is 21.2. The van der Waals surface area contributed by atoms with Gasteiger partial charge in [0.1, 0.15) is 0 Å². The van der Waals surface area contributed by atoms with Crippen LogP contribution in [0.2, 0.25) is 0 Å². The van der Waals surface area contributed by atoms with Gasteiger partial charge >= 0.3 is 0 Å². The standard InChI is InChI=1S/C13H26.C4H10.2C2H6.C2H2/c1-5-13(4)11-9-7-6-8-10-12(2)3;1-3-4-2;3*1-2/h5,12H,6-11H2,1-4H3;3-4H2,1-2H3;2*1-2H3;1-2H/b13-5+;;;;. The minimum atomic E-state index is 0.886. The molecule has 0 saturated heterocycles. The van der Waals surface area contributed by atoms with E-state index in [-0.39, 0.29) is 0 Å². The third kappa shape index (κ3) is 62.1. The van der Waals surface area contributed by atoms with E-state index in [1.165, 1.54) is 51.4 Å². The second-order valence-electron chi connectivity index (χ2n) is 5.48. The molecule has 0 unspecified atom stereocenters. The SMILES string of the molecule is C#C.C/C=C(\C)CCCCCCC(C)C.CC.CC.CCCC. The highest BCUT2D eigenvalue weighted by Crippen LogP contribution is 2.12. The Balaban J connectivity index is -0.0000000900. The average molecular weight is 327 g/mol. The summed E-state index contributed by atoms with van der Waals surface area (Å²) in [4.78, 5) is 0. The molecule has 0 radical (unpaired) electrons. The van der Waals surface area contributed by atoms with E-state index in [0.29, 0.717) is 0 Å². The van der Waals surface area contributed by atoms with Gasteiger partial charge in [-0.05, 0) is 32.6 Å². The molecule has 0 aromatic rings. The fourth-order valence-corrected chi connectivity index (χ4v) is 1.45. The summed E-state index contributed by atoms with van der Waals surface area (Å²) in [6.45, 7) is 21.3. The first-order valence-corrected chi connectivity index (χ1v) is 10.0. The Bertz CT molecular complexity index is 181. The first kappa shape index (κ1) is 33.8. The first-order chi connectivity index (χ1) is 11.1. The highest BCUT2D eigenvalue weighted by atomic mass is 14.0. The van der Waals surface area contributed by atoms with Gasteiger partial charge in [0.05, 0.1) is 0 Å². The fraction of sp³-hybridized carbons (Fsp3) is 0.826. The van der Waals surface area contributed by atoms with Crippen LogP contribution in [0.4, 0.5) is 0 Å². The molecule has 0 saturated carbocycles. The van der Waals surface area contributed by atoms with Gasteiger partial charge < -0.3 is 0 Å². The molecule has 0 aromatic carbocycles. The van der Waals surface area contributed by atoms with Crippen LogP contribution < -0.4 is 0 Å². The Hall–Kier alpha value is -0.700. The first-order valence-electron chi connectivity index (χ1n) is 10.0. The smallest absolute Gasteiger partial charge is 0.0323 e. The Morgan fingerprint density at radius 1 is 0.826 bits per heavy atom. The predicted octanol–water partition coefficient (Wildman–Crippen LogP) is 9.06. The third-order valence-electron chi connectivity index (χ3n) is 3.10. The fourth-order valence-electron chi connectivity index (χ4n) is 1.45. The molecule has 0 rings (SSSR count). The molecule has 0 spiro atoms. The molecule has 23 heavy (non-hydrogen) atoms. The van der Waals surface area contributed by atoms with Crippen LogP contribution in [-0.2, 0) is 0 Å². The highest BCUT2D eigenvalue weighted by Gasteiger charge is 1.94. The van der Waals surface area contributed by atoms with Gasteiger partial charge in [-0.1, -0.05) is 106 Å². The van der Waals surface area contributed by atoms with Crippen LogP contribution in [0.25, 0.3) is 0 Å². The summed E-state index contributed by atoms with van der Waals surface area (Å²) in [5.41, 5.74) is 1.55. The van der Waals surface area contributed by atoms with Gasteiger partial charge in [-0.25, -0.2) is 0 Å². The summed E-state index contributed by atoms with van der Waals surface area (Å²) >= 11 is 0. The van der Waals surface area contributed by atoms with Crippen molar-refractivity contribution in [1.82, 2.24) is 0 Å². The zero-order valence-electron chi connectivity index (χ0n) is 18.5. The second kappa shape index (κ2) is 42.9. The van der Waals surface area contributed by atoms with Gasteiger partial charge in [0.25, 0.3) is 0 Å². The van der Waals surface area contributed by atoms with E-state index in [9.17, 15) is 0 Å². The molecule has 0 amide bonds. The van der Waals surface area contributed by atoms with E-state index >= 15 is 0 Å². The topological polar surface area (TPSA) is 0 Å². The maximum atomic E-state index is 4.00. The lowest BCUT2D eigenvalue weighted by Gasteiger charge is -2.04. The van der Waals surface area contributed by atoms with Gasteiger partial charge in [0.15, 0.2) is 0 Å². The van der Waals surface area contributed by atoms with Crippen molar-refractivity contribution in [3.8, 4) is 12.8 Å². The number of rotatable bonds is 8. The van der Waals surface area contributed by atoms with Gasteiger partial charge in [0, 0.05) is 0 Å². The largest absolute Gasteiger partial charge is 0.124 e. The molecule has 0 N–H and O–H groups in total. The van der Waals surface area contributed by atoms with Crippen molar-refractivity contribution < 1.29 is 0 Å². The Kier molecular flexibility index (Phi) is 63.1. The highest BCUT2D eigenvalue weighted by molar-refractivity contribution is 4.94. The summed E-state index contributed by atoms with van der Waals surface area (Å²) in [6, 6.07) is 0. The van der Waals surface area contributed by atoms with Crippen LogP contribution in [0, 0.1) is 18.8 Å².